The van der Waals surface area contributed by atoms with E-state index in [9.17, 15) is 9.59 Å². The highest BCUT2D eigenvalue weighted by atomic mass is 16.5. The first-order valence-electron chi connectivity index (χ1n) is 8.84. The van der Waals surface area contributed by atoms with Gasteiger partial charge in [0.25, 0.3) is 5.91 Å². The third kappa shape index (κ3) is 4.23. The molecule has 1 aliphatic rings. The van der Waals surface area contributed by atoms with Crippen molar-refractivity contribution in [2.75, 3.05) is 12.4 Å². The third-order valence-corrected chi connectivity index (χ3v) is 4.55. The van der Waals surface area contributed by atoms with Crippen LogP contribution in [0.1, 0.15) is 41.3 Å². The number of benzene rings is 2. The highest BCUT2D eigenvalue weighted by Crippen LogP contribution is 2.26. The number of amides is 1. The molecule has 5 nitrogen and oxygen atoms in total. The quantitative estimate of drug-likeness (QED) is 0.832. The largest absolute Gasteiger partial charge is 0.481 e. The normalized spacial score (nSPS) is 14.1. The molecule has 1 amide bonds. The number of fused-ring (bicyclic) bond motifs is 1. The molecule has 26 heavy (non-hydrogen) atoms. The Morgan fingerprint density at radius 2 is 1.81 bits per heavy atom. The van der Waals surface area contributed by atoms with Gasteiger partial charge in [-0.3, -0.25) is 4.79 Å². The lowest BCUT2D eigenvalue weighted by Gasteiger charge is -2.19. The van der Waals surface area contributed by atoms with E-state index in [4.69, 9.17) is 9.47 Å². The van der Waals surface area contributed by atoms with Gasteiger partial charge >= 0.3 is 5.97 Å². The van der Waals surface area contributed by atoms with Gasteiger partial charge in [0, 0.05) is 5.69 Å². The van der Waals surface area contributed by atoms with Crippen molar-refractivity contribution in [1.82, 2.24) is 0 Å². The van der Waals surface area contributed by atoms with Crippen molar-refractivity contribution in [3.63, 3.8) is 0 Å². The Morgan fingerprint density at radius 3 is 2.58 bits per heavy atom. The van der Waals surface area contributed by atoms with Gasteiger partial charge in [-0.05, 0) is 74.1 Å². The van der Waals surface area contributed by atoms with Crippen LogP contribution < -0.4 is 10.1 Å². The van der Waals surface area contributed by atoms with Crippen molar-refractivity contribution in [2.45, 2.75) is 38.7 Å². The molecule has 0 saturated heterocycles. The zero-order chi connectivity index (χ0) is 18.5. The van der Waals surface area contributed by atoms with Crippen LogP contribution >= 0.6 is 0 Å². The molecule has 0 bridgehead atoms. The zero-order valence-corrected chi connectivity index (χ0v) is 15.1. The monoisotopic (exact) mass is 353 g/mol. The molecule has 2 aromatic rings. The molecule has 5 heteroatoms. The van der Waals surface area contributed by atoms with Gasteiger partial charge in [0.05, 0.1) is 12.7 Å². The summed E-state index contributed by atoms with van der Waals surface area (Å²) in [5, 5.41) is 2.77. The fourth-order valence-electron chi connectivity index (χ4n) is 3.13. The van der Waals surface area contributed by atoms with Crippen LogP contribution in [0.25, 0.3) is 0 Å². The molecule has 1 aliphatic carbocycles. The molecule has 0 radical (unpaired) electrons. The third-order valence-electron chi connectivity index (χ3n) is 4.55. The number of ether oxygens (including phenoxy) is 2. The molecular weight excluding hydrogens is 330 g/mol. The van der Waals surface area contributed by atoms with Gasteiger partial charge in [0.2, 0.25) is 0 Å². The van der Waals surface area contributed by atoms with Crippen LogP contribution in [-0.2, 0) is 22.4 Å². The lowest BCUT2D eigenvalue weighted by Crippen LogP contribution is -2.30. The fraction of sp³-hybridized carbons (Fsp3) is 0.333. The summed E-state index contributed by atoms with van der Waals surface area (Å²) < 4.78 is 10.5. The number of hydrogen-bond donors (Lipinski definition) is 1. The molecule has 136 valence electrons. The number of nitrogens with one attached hydrogen (secondary N) is 1. The molecule has 0 aromatic heterocycles. The number of carbonyl (C=O) groups excluding carboxylic acids is 2. The first-order valence-corrected chi connectivity index (χ1v) is 8.84. The second kappa shape index (κ2) is 8.04. The van der Waals surface area contributed by atoms with Crippen LogP contribution in [0, 0.1) is 0 Å². The molecular formula is C21H23NO4. The van der Waals surface area contributed by atoms with Crippen LogP contribution in [0.3, 0.4) is 0 Å². The molecule has 0 unspecified atom stereocenters. The van der Waals surface area contributed by atoms with Crippen molar-refractivity contribution < 1.29 is 19.1 Å². The van der Waals surface area contributed by atoms with Crippen LogP contribution in [0.2, 0.25) is 0 Å². The van der Waals surface area contributed by atoms with E-state index in [1.165, 1.54) is 31.1 Å². The van der Waals surface area contributed by atoms with Gasteiger partial charge in [-0.25, -0.2) is 4.79 Å². The number of aryl methyl sites for hydroxylation is 2. The molecule has 0 heterocycles. The lowest BCUT2D eigenvalue weighted by atomic mass is 9.92. The predicted octanol–water partition coefficient (Wildman–Crippen LogP) is 3.76. The number of hydrogen-bond acceptors (Lipinski definition) is 4. The Bertz CT molecular complexity index is 815. The SMILES string of the molecule is COC(=O)c1cccc(NC(=O)[C@H](C)Oc2ccc3c(c2)CCCC3)c1. The second-order valence-corrected chi connectivity index (χ2v) is 6.46. The number of anilines is 1. The summed E-state index contributed by atoms with van der Waals surface area (Å²) in [6.07, 6.45) is 3.95. The summed E-state index contributed by atoms with van der Waals surface area (Å²) in [6, 6.07) is 12.7. The van der Waals surface area contributed by atoms with Crippen LogP contribution in [0.15, 0.2) is 42.5 Å². The number of methoxy groups -OCH3 is 1. The number of esters is 1. The first-order chi connectivity index (χ1) is 12.6. The van der Waals surface area contributed by atoms with Gasteiger partial charge in [0.15, 0.2) is 6.10 Å². The maximum absolute atomic E-state index is 12.4. The van der Waals surface area contributed by atoms with E-state index in [0.29, 0.717) is 17.0 Å². The minimum absolute atomic E-state index is 0.273. The zero-order valence-electron chi connectivity index (χ0n) is 15.1. The van der Waals surface area contributed by atoms with Crippen molar-refractivity contribution in [3.05, 3.63) is 59.2 Å². The summed E-state index contributed by atoms with van der Waals surface area (Å²) in [4.78, 5) is 24.0. The van der Waals surface area contributed by atoms with E-state index in [1.54, 1.807) is 31.2 Å². The average Bonchev–Trinajstić information content (AvgIpc) is 2.67. The second-order valence-electron chi connectivity index (χ2n) is 6.46. The predicted molar refractivity (Wildman–Crippen MR) is 99.6 cm³/mol. The Hall–Kier alpha value is -2.82. The van der Waals surface area contributed by atoms with Gasteiger partial charge in [0.1, 0.15) is 5.75 Å². The Balaban J connectivity index is 1.64. The highest BCUT2D eigenvalue weighted by Gasteiger charge is 2.17. The van der Waals surface area contributed by atoms with Crippen LogP contribution in [0.4, 0.5) is 5.69 Å². The minimum atomic E-state index is -0.654. The van der Waals surface area contributed by atoms with Crippen molar-refractivity contribution in [3.8, 4) is 5.75 Å². The van der Waals surface area contributed by atoms with Gasteiger partial charge in [-0.1, -0.05) is 12.1 Å². The summed E-state index contributed by atoms with van der Waals surface area (Å²) in [5.74, 6) is -0.0131. The number of rotatable bonds is 5. The van der Waals surface area contributed by atoms with Gasteiger partial charge in [-0.2, -0.15) is 0 Å². The standard InChI is InChI=1S/C21H23NO4/c1-14(26-19-11-10-15-6-3-4-7-16(15)13-19)20(23)22-18-9-5-8-17(12-18)21(24)25-2/h5,8-14H,3-4,6-7H2,1-2H3,(H,22,23)/t14-/m0/s1. The topological polar surface area (TPSA) is 64.6 Å². The van der Waals surface area contributed by atoms with E-state index in [-0.39, 0.29) is 5.91 Å². The molecule has 2 aromatic carbocycles. The van der Waals surface area contributed by atoms with Crippen molar-refractivity contribution in [1.29, 1.82) is 0 Å². The molecule has 0 fully saturated rings. The van der Waals surface area contributed by atoms with E-state index >= 15 is 0 Å². The maximum Gasteiger partial charge on any atom is 0.337 e. The van der Waals surface area contributed by atoms with Crippen LogP contribution in [-0.4, -0.2) is 25.1 Å². The van der Waals surface area contributed by atoms with E-state index in [0.717, 1.165) is 12.8 Å². The molecule has 3 rings (SSSR count). The van der Waals surface area contributed by atoms with Crippen molar-refractivity contribution >= 4 is 17.6 Å². The Kier molecular flexibility index (Phi) is 5.56. The van der Waals surface area contributed by atoms with Crippen LogP contribution in [0.5, 0.6) is 5.75 Å². The summed E-state index contributed by atoms with van der Waals surface area (Å²) in [6.45, 7) is 1.71. The highest BCUT2D eigenvalue weighted by molar-refractivity contribution is 5.96. The molecule has 0 saturated carbocycles. The lowest BCUT2D eigenvalue weighted by molar-refractivity contribution is -0.122. The maximum atomic E-state index is 12.4. The minimum Gasteiger partial charge on any atom is -0.481 e. The Labute approximate surface area is 153 Å². The summed E-state index contributed by atoms with van der Waals surface area (Å²) in [5.41, 5.74) is 3.60. The van der Waals surface area contributed by atoms with Crippen molar-refractivity contribution in [2.24, 2.45) is 0 Å². The Morgan fingerprint density at radius 1 is 1.04 bits per heavy atom. The fourth-order valence-corrected chi connectivity index (χ4v) is 3.13. The first kappa shape index (κ1) is 18.0. The average molecular weight is 353 g/mol. The number of carbonyl (C=O) groups is 2. The molecule has 1 atom stereocenters. The molecule has 0 aliphatic heterocycles. The van der Waals surface area contributed by atoms with E-state index < -0.39 is 12.1 Å². The smallest absolute Gasteiger partial charge is 0.337 e. The summed E-state index contributed by atoms with van der Waals surface area (Å²) in [7, 11) is 1.32. The summed E-state index contributed by atoms with van der Waals surface area (Å²) >= 11 is 0. The molecule has 1 N–H and O–H groups in total. The van der Waals surface area contributed by atoms with Gasteiger partial charge in [-0.15, -0.1) is 0 Å². The van der Waals surface area contributed by atoms with Gasteiger partial charge < -0.3 is 14.8 Å². The van der Waals surface area contributed by atoms with E-state index in [2.05, 4.69) is 11.4 Å². The molecule has 0 spiro atoms. The van der Waals surface area contributed by atoms with E-state index in [1.807, 2.05) is 12.1 Å².